The van der Waals surface area contributed by atoms with E-state index in [4.69, 9.17) is 39.2 Å². The molecule has 0 radical (unpaired) electrons. The van der Waals surface area contributed by atoms with Crippen LogP contribution >= 0.6 is 34.8 Å². The lowest BCUT2D eigenvalue weighted by atomic mass is 10.2. The van der Waals surface area contributed by atoms with E-state index in [9.17, 15) is 25.9 Å². The smallest absolute Gasteiger partial charge is 0.374 e. The van der Waals surface area contributed by atoms with Gasteiger partial charge in [0.2, 0.25) is 5.58 Å². The summed E-state index contributed by atoms with van der Waals surface area (Å²) in [5.74, 6) is 0.558. The Kier molecular flexibility index (Phi) is 9.64. The van der Waals surface area contributed by atoms with Gasteiger partial charge in [0.25, 0.3) is 5.52 Å². The Morgan fingerprint density at radius 1 is 1.02 bits per heavy atom. The quantitative estimate of drug-likeness (QED) is 0.202. The van der Waals surface area contributed by atoms with Crippen molar-refractivity contribution in [3.63, 3.8) is 0 Å². The molecular weight excluding hydrogens is 637 g/mol. The van der Waals surface area contributed by atoms with Crippen molar-refractivity contribution >= 4 is 83.6 Å². The minimum absolute atomic E-state index is 0.0780. The summed E-state index contributed by atoms with van der Waals surface area (Å²) in [5, 5.41) is 0.0548. The van der Waals surface area contributed by atoms with Gasteiger partial charge in [-0.25, -0.2) is 16.8 Å². The number of hydrogen-bond donors (Lipinski definition) is 0. The number of anilines is 2. The minimum Gasteiger partial charge on any atom is -0.748 e. The van der Waals surface area contributed by atoms with E-state index in [-0.39, 0.29) is 25.9 Å². The maximum Gasteiger partial charge on any atom is 0.374 e. The molecule has 0 aliphatic carbocycles. The lowest BCUT2D eigenvalue weighted by Gasteiger charge is -2.26. The van der Waals surface area contributed by atoms with Gasteiger partial charge in [0.1, 0.15) is 5.82 Å². The van der Waals surface area contributed by atoms with Crippen LogP contribution in [0.3, 0.4) is 0 Å². The van der Waals surface area contributed by atoms with Gasteiger partial charge in [-0.15, -0.1) is 0 Å². The lowest BCUT2D eigenvalue weighted by molar-refractivity contribution is -0.677. The topological polar surface area (TPSA) is 138 Å². The van der Waals surface area contributed by atoms with E-state index in [0.29, 0.717) is 50.1 Å². The van der Waals surface area contributed by atoms with Crippen molar-refractivity contribution < 1.29 is 34.9 Å². The zero-order valence-electron chi connectivity index (χ0n) is 22.1. The van der Waals surface area contributed by atoms with Crippen LogP contribution in [0, 0.1) is 0 Å². The SMILES string of the molecule is CCN1/C(=C\C=C\c2oc3ccc(Cl)cc3[n+]2CCCS(=O)(=O)[O-])N(CCC(C)S(=O)(=O)[O-])c2cc(Cl)c(Cl)cc21. The van der Waals surface area contributed by atoms with E-state index >= 15 is 0 Å². The third-order valence-corrected chi connectivity index (χ3v) is 9.64. The largest absolute Gasteiger partial charge is 0.748 e. The summed E-state index contributed by atoms with van der Waals surface area (Å²) in [7, 11) is -8.85. The fourth-order valence-electron chi connectivity index (χ4n) is 4.60. The molecular formula is C26H27Cl3N3O7S2-. The van der Waals surface area contributed by atoms with Crippen LogP contribution in [0.25, 0.3) is 17.2 Å². The highest BCUT2D eigenvalue weighted by atomic mass is 35.5. The Labute approximate surface area is 253 Å². The van der Waals surface area contributed by atoms with Gasteiger partial charge in [0, 0.05) is 41.6 Å². The molecule has 10 nitrogen and oxygen atoms in total. The standard InChI is InChI=1S/C26H28Cl3N3O7S2/c1-3-30-21-15-19(28)20(29)16-22(21)31(12-10-17(2)41(36,37)38)25(30)6-4-7-26-32(11-5-13-40(33,34)35)23-14-18(27)8-9-24(23)39-26/h4,6-9,14-17H,3,5,10-13H2,1-2H3,(H-,33,34,35,36,37,38)/p-1. The van der Waals surface area contributed by atoms with Crippen LogP contribution in [-0.4, -0.2) is 50.0 Å². The molecule has 1 aliphatic rings. The van der Waals surface area contributed by atoms with Gasteiger partial charge in [0.05, 0.1) is 47.7 Å². The minimum atomic E-state index is -4.47. The Bertz CT molecular complexity index is 1740. The van der Waals surface area contributed by atoms with Gasteiger partial charge in [-0.05, 0) is 56.7 Å². The van der Waals surface area contributed by atoms with Crippen LogP contribution in [0.1, 0.15) is 32.6 Å². The van der Waals surface area contributed by atoms with Crippen molar-refractivity contribution in [1.82, 2.24) is 0 Å². The molecule has 222 valence electrons. The van der Waals surface area contributed by atoms with Crippen molar-refractivity contribution in [3.8, 4) is 0 Å². The van der Waals surface area contributed by atoms with Gasteiger partial charge in [-0.2, -0.15) is 4.57 Å². The molecule has 1 unspecified atom stereocenters. The second kappa shape index (κ2) is 12.5. The Balaban J connectivity index is 1.72. The van der Waals surface area contributed by atoms with Gasteiger partial charge in [-0.1, -0.05) is 34.8 Å². The van der Waals surface area contributed by atoms with Crippen LogP contribution in [-0.2, 0) is 26.8 Å². The van der Waals surface area contributed by atoms with Crippen molar-refractivity contribution in [2.24, 2.45) is 0 Å². The summed E-state index contributed by atoms with van der Waals surface area (Å²) < 4.78 is 75.8. The van der Waals surface area contributed by atoms with Gasteiger partial charge in [-0.3, -0.25) is 0 Å². The summed E-state index contributed by atoms with van der Waals surface area (Å²) in [6.07, 6.45) is 5.38. The number of aryl methyl sites for hydroxylation is 1. The van der Waals surface area contributed by atoms with Crippen LogP contribution in [0.15, 0.2) is 52.7 Å². The van der Waals surface area contributed by atoms with Crippen molar-refractivity contribution in [2.75, 3.05) is 28.6 Å². The third-order valence-electron chi connectivity index (χ3n) is 6.67. The van der Waals surface area contributed by atoms with E-state index in [1.165, 1.54) is 6.92 Å². The molecule has 15 heteroatoms. The molecule has 1 aliphatic heterocycles. The molecule has 0 bridgehead atoms. The number of allylic oxidation sites excluding steroid dienone is 2. The van der Waals surface area contributed by atoms with Crippen LogP contribution in [0.2, 0.25) is 15.1 Å². The van der Waals surface area contributed by atoms with E-state index in [1.54, 1.807) is 53.1 Å². The van der Waals surface area contributed by atoms with Crippen molar-refractivity contribution in [2.45, 2.75) is 38.5 Å². The summed E-state index contributed by atoms with van der Waals surface area (Å²) in [6, 6.07) is 8.48. The fraction of sp³-hybridized carbons (Fsp3) is 0.346. The number of hydrogen-bond acceptors (Lipinski definition) is 9. The first kappa shape index (κ1) is 31.6. The Hall–Kier alpha value is -2.32. The summed E-state index contributed by atoms with van der Waals surface area (Å²) in [4.78, 5) is 3.85. The Morgan fingerprint density at radius 3 is 2.29 bits per heavy atom. The van der Waals surface area contributed by atoms with E-state index in [1.807, 2.05) is 16.7 Å². The number of aromatic nitrogens is 1. The maximum absolute atomic E-state index is 11.5. The highest BCUT2D eigenvalue weighted by Gasteiger charge is 2.32. The molecule has 1 atom stereocenters. The summed E-state index contributed by atoms with van der Waals surface area (Å²) in [5.41, 5.74) is 2.64. The fourth-order valence-corrected chi connectivity index (χ4v) is 5.96. The molecule has 0 saturated carbocycles. The number of benzene rings is 2. The van der Waals surface area contributed by atoms with Gasteiger partial charge in [0.15, 0.2) is 6.54 Å². The molecule has 0 fully saturated rings. The number of rotatable bonds is 11. The predicted molar refractivity (Wildman–Crippen MR) is 158 cm³/mol. The molecule has 2 aromatic carbocycles. The highest BCUT2D eigenvalue weighted by molar-refractivity contribution is 7.86. The highest BCUT2D eigenvalue weighted by Crippen LogP contribution is 2.45. The average Bonchev–Trinajstić information content (AvgIpc) is 3.35. The average molecular weight is 664 g/mol. The molecule has 0 N–H and O–H groups in total. The molecule has 0 spiro atoms. The van der Waals surface area contributed by atoms with E-state index in [2.05, 4.69) is 0 Å². The molecule has 41 heavy (non-hydrogen) atoms. The molecule has 1 aromatic heterocycles. The van der Waals surface area contributed by atoms with E-state index in [0.717, 1.165) is 5.69 Å². The molecule has 0 saturated heterocycles. The van der Waals surface area contributed by atoms with Gasteiger partial charge >= 0.3 is 5.89 Å². The molecule has 4 rings (SSSR count). The zero-order chi connectivity index (χ0) is 30.1. The maximum atomic E-state index is 11.5. The first-order valence-corrected chi connectivity index (χ1v) is 16.8. The van der Waals surface area contributed by atoms with Crippen LogP contribution in [0.5, 0.6) is 0 Å². The van der Waals surface area contributed by atoms with Crippen LogP contribution < -0.4 is 14.4 Å². The third kappa shape index (κ3) is 7.37. The first-order valence-electron chi connectivity index (χ1n) is 12.6. The van der Waals surface area contributed by atoms with Crippen molar-refractivity contribution in [3.05, 3.63) is 69.3 Å². The zero-order valence-corrected chi connectivity index (χ0v) is 26.0. The number of halogens is 3. The number of oxazole rings is 1. The lowest BCUT2D eigenvalue weighted by Crippen LogP contribution is -2.36. The number of fused-ring (bicyclic) bond motifs is 2. The van der Waals surface area contributed by atoms with Crippen molar-refractivity contribution in [1.29, 1.82) is 0 Å². The molecule has 2 heterocycles. The number of nitrogens with zero attached hydrogens (tertiary/aromatic N) is 3. The summed E-state index contributed by atoms with van der Waals surface area (Å²) >= 11 is 18.8. The second-order valence-electron chi connectivity index (χ2n) is 9.45. The molecule has 3 aromatic rings. The monoisotopic (exact) mass is 662 g/mol. The van der Waals surface area contributed by atoms with Crippen LogP contribution in [0.4, 0.5) is 11.4 Å². The summed E-state index contributed by atoms with van der Waals surface area (Å²) in [6.45, 7) is 4.28. The van der Waals surface area contributed by atoms with E-state index < -0.39 is 31.2 Å². The predicted octanol–water partition coefficient (Wildman–Crippen LogP) is 5.14. The second-order valence-corrected chi connectivity index (χ2v) is 14.0. The normalized spacial score (nSPS) is 15.9. The molecule has 0 amide bonds. The van der Waals surface area contributed by atoms with Gasteiger partial charge < -0.3 is 23.3 Å². The Morgan fingerprint density at radius 2 is 1.68 bits per heavy atom. The first-order chi connectivity index (χ1) is 19.2.